The first-order chi connectivity index (χ1) is 13.9. The first-order valence-corrected chi connectivity index (χ1v) is 9.72. The lowest BCUT2D eigenvalue weighted by molar-refractivity contribution is 0.0523. The minimum Gasteiger partial charge on any atom is -0.489 e. The molecule has 0 aliphatic carbocycles. The minimum absolute atomic E-state index is 0.412. The number of hydrogen-bond donors (Lipinski definition) is 1. The summed E-state index contributed by atoms with van der Waals surface area (Å²) in [4.78, 5) is 11.8. The van der Waals surface area contributed by atoms with E-state index < -0.39 is 11.7 Å². The highest BCUT2D eigenvalue weighted by Crippen LogP contribution is 2.25. The topological polar surface area (TPSA) is 47.6 Å². The summed E-state index contributed by atoms with van der Waals surface area (Å²) in [5, 5.41) is 2.77. The average Bonchev–Trinajstić information content (AvgIpc) is 2.71. The lowest BCUT2D eigenvalue weighted by Gasteiger charge is -2.19. The molecular formula is C25H27NO3. The van der Waals surface area contributed by atoms with Crippen LogP contribution in [0.15, 0.2) is 78.9 Å². The van der Waals surface area contributed by atoms with Crippen LogP contribution >= 0.6 is 0 Å². The quantitative estimate of drug-likeness (QED) is 0.566. The Labute approximate surface area is 172 Å². The number of benzene rings is 3. The van der Waals surface area contributed by atoms with Crippen LogP contribution in [0.5, 0.6) is 5.75 Å². The SMILES string of the molecule is CC(C)(C)OC(=O)NCc1ccc(-c2cccc(OCc3ccccc3)c2)cc1. The number of hydrogen-bond acceptors (Lipinski definition) is 3. The maximum Gasteiger partial charge on any atom is 0.407 e. The third kappa shape index (κ3) is 6.68. The van der Waals surface area contributed by atoms with Crippen molar-refractivity contribution in [2.24, 2.45) is 0 Å². The average molecular weight is 389 g/mol. The minimum atomic E-state index is -0.498. The smallest absolute Gasteiger partial charge is 0.407 e. The molecule has 0 aliphatic rings. The highest BCUT2D eigenvalue weighted by atomic mass is 16.6. The fourth-order valence-electron chi connectivity index (χ4n) is 2.81. The standard InChI is InChI=1S/C25H27NO3/c1-25(2,3)29-24(27)26-17-19-12-14-21(15-13-19)22-10-7-11-23(16-22)28-18-20-8-5-4-6-9-20/h4-16H,17-18H2,1-3H3,(H,26,27). The molecule has 29 heavy (non-hydrogen) atoms. The normalized spacial score (nSPS) is 11.0. The van der Waals surface area contributed by atoms with Crippen LogP contribution in [0.3, 0.4) is 0 Å². The Balaban J connectivity index is 1.59. The van der Waals surface area contributed by atoms with E-state index in [-0.39, 0.29) is 0 Å². The Bertz CT molecular complexity index is 928. The van der Waals surface area contributed by atoms with Gasteiger partial charge in [-0.05, 0) is 55.2 Å². The van der Waals surface area contributed by atoms with Gasteiger partial charge in [0.25, 0.3) is 0 Å². The highest BCUT2D eigenvalue weighted by Gasteiger charge is 2.15. The summed E-state index contributed by atoms with van der Waals surface area (Å²) in [7, 11) is 0. The van der Waals surface area contributed by atoms with Crippen LogP contribution in [-0.2, 0) is 17.9 Å². The van der Waals surface area contributed by atoms with E-state index in [1.165, 1.54) is 0 Å². The highest BCUT2D eigenvalue weighted by molar-refractivity contribution is 5.68. The number of carbonyl (C=O) groups is 1. The molecule has 1 N–H and O–H groups in total. The van der Waals surface area contributed by atoms with Crippen LogP contribution in [0, 0.1) is 0 Å². The van der Waals surface area contributed by atoms with Crippen LogP contribution in [0.2, 0.25) is 0 Å². The zero-order chi connectivity index (χ0) is 20.7. The third-order valence-corrected chi connectivity index (χ3v) is 4.21. The van der Waals surface area contributed by atoms with Crippen molar-refractivity contribution in [1.82, 2.24) is 5.32 Å². The first-order valence-electron chi connectivity index (χ1n) is 9.72. The zero-order valence-electron chi connectivity index (χ0n) is 17.1. The van der Waals surface area contributed by atoms with Crippen molar-refractivity contribution in [2.75, 3.05) is 0 Å². The van der Waals surface area contributed by atoms with Crippen LogP contribution in [0.4, 0.5) is 4.79 Å². The fraction of sp³-hybridized carbons (Fsp3) is 0.240. The molecule has 0 atom stereocenters. The van der Waals surface area contributed by atoms with Crippen molar-refractivity contribution in [3.8, 4) is 16.9 Å². The molecule has 4 heteroatoms. The number of ether oxygens (including phenoxy) is 2. The second-order valence-electron chi connectivity index (χ2n) is 7.85. The predicted octanol–water partition coefficient (Wildman–Crippen LogP) is 5.96. The van der Waals surface area contributed by atoms with E-state index in [0.29, 0.717) is 13.2 Å². The Kier molecular flexibility index (Phi) is 6.55. The van der Waals surface area contributed by atoms with Crippen LogP contribution in [0.1, 0.15) is 31.9 Å². The molecule has 0 spiro atoms. The predicted molar refractivity (Wildman–Crippen MR) is 116 cm³/mol. The molecule has 3 rings (SSSR count). The van der Waals surface area contributed by atoms with Crippen molar-refractivity contribution >= 4 is 6.09 Å². The van der Waals surface area contributed by atoms with Crippen molar-refractivity contribution in [2.45, 2.75) is 39.5 Å². The van der Waals surface area contributed by atoms with Crippen molar-refractivity contribution in [1.29, 1.82) is 0 Å². The molecule has 3 aromatic rings. The maximum absolute atomic E-state index is 11.8. The molecule has 0 fully saturated rings. The van der Waals surface area contributed by atoms with Gasteiger partial charge < -0.3 is 14.8 Å². The van der Waals surface area contributed by atoms with Gasteiger partial charge in [0, 0.05) is 6.54 Å². The first kappa shape index (κ1) is 20.5. The number of nitrogens with one attached hydrogen (secondary N) is 1. The molecule has 1 amide bonds. The van der Waals surface area contributed by atoms with Gasteiger partial charge in [0.1, 0.15) is 18.0 Å². The van der Waals surface area contributed by atoms with E-state index in [1.54, 1.807) is 0 Å². The summed E-state index contributed by atoms with van der Waals surface area (Å²) < 4.78 is 11.2. The van der Waals surface area contributed by atoms with Crippen LogP contribution in [0.25, 0.3) is 11.1 Å². The van der Waals surface area contributed by atoms with Crippen molar-refractivity contribution in [3.05, 3.63) is 90.0 Å². The van der Waals surface area contributed by atoms with E-state index in [1.807, 2.05) is 93.6 Å². The number of rotatable bonds is 6. The summed E-state index contributed by atoms with van der Waals surface area (Å²) in [6.45, 7) is 6.51. The summed E-state index contributed by atoms with van der Waals surface area (Å²) in [6.07, 6.45) is -0.412. The van der Waals surface area contributed by atoms with Gasteiger partial charge in [-0.25, -0.2) is 4.79 Å². The number of carbonyl (C=O) groups excluding carboxylic acids is 1. The third-order valence-electron chi connectivity index (χ3n) is 4.21. The van der Waals surface area contributed by atoms with E-state index in [9.17, 15) is 4.79 Å². The van der Waals surface area contributed by atoms with Crippen molar-refractivity contribution < 1.29 is 14.3 Å². The van der Waals surface area contributed by atoms with E-state index in [2.05, 4.69) is 11.4 Å². The van der Waals surface area contributed by atoms with Crippen molar-refractivity contribution in [3.63, 3.8) is 0 Å². The van der Waals surface area contributed by atoms with Gasteiger partial charge in [-0.1, -0.05) is 66.7 Å². The molecule has 0 saturated carbocycles. The molecular weight excluding hydrogens is 362 g/mol. The zero-order valence-corrected chi connectivity index (χ0v) is 17.1. The Hall–Kier alpha value is -3.27. The lowest BCUT2D eigenvalue weighted by Crippen LogP contribution is -2.32. The fourth-order valence-corrected chi connectivity index (χ4v) is 2.81. The van der Waals surface area contributed by atoms with Gasteiger partial charge in [-0.3, -0.25) is 0 Å². The second kappa shape index (κ2) is 9.28. The molecule has 0 heterocycles. The molecule has 0 aliphatic heterocycles. The van der Waals surface area contributed by atoms with Gasteiger partial charge in [0.2, 0.25) is 0 Å². The lowest BCUT2D eigenvalue weighted by atomic mass is 10.0. The van der Waals surface area contributed by atoms with Gasteiger partial charge in [0.05, 0.1) is 0 Å². The molecule has 0 bridgehead atoms. The Morgan fingerprint density at radius 2 is 1.55 bits per heavy atom. The summed E-state index contributed by atoms with van der Waals surface area (Å²) in [5.41, 5.74) is 3.83. The molecule has 0 saturated heterocycles. The van der Waals surface area contributed by atoms with E-state index >= 15 is 0 Å². The molecule has 0 aromatic heterocycles. The molecule has 0 radical (unpaired) electrons. The number of alkyl carbamates (subject to hydrolysis) is 1. The van der Waals surface area contributed by atoms with E-state index in [0.717, 1.165) is 28.0 Å². The Morgan fingerprint density at radius 3 is 2.24 bits per heavy atom. The molecule has 4 nitrogen and oxygen atoms in total. The van der Waals surface area contributed by atoms with E-state index in [4.69, 9.17) is 9.47 Å². The summed E-state index contributed by atoms with van der Waals surface area (Å²) >= 11 is 0. The largest absolute Gasteiger partial charge is 0.489 e. The summed E-state index contributed by atoms with van der Waals surface area (Å²) in [5.74, 6) is 0.835. The number of amides is 1. The molecule has 0 unspecified atom stereocenters. The van der Waals surface area contributed by atoms with Gasteiger partial charge in [0.15, 0.2) is 0 Å². The molecule has 150 valence electrons. The van der Waals surface area contributed by atoms with Gasteiger partial charge >= 0.3 is 6.09 Å². The van der Waals surface area contributed by atoms with Crippen LogP contribution in [-0.4, -0.2) is 11.7 Å². The monoisotopic (exact) mass is 389 g/mol. The van der Waals surface area contributed by atoms with Gasteiger partial charge in [-0.15, -0.1) is 0 Å². The Morgan fingerprint density at radius 1 is 0.828 bits per heavy atom. The summed E-state index contributed by atoms with van der Waals surface area (Å²) in [6, 6.07) is 26.3. The molecule has 3 aromatic carbocycles. The maximum atomic E-state index is 11.8. The van der Waals surface area contributed by atoms with Gasteiger partial charge in [-0.2, -0.15) is 0 Å². The van der Waals surface area contributed by atoms with Crippen LogP contribution < -0.4 is 10.1 Å². The second-order valence-corrected chi connectivity index (χ2v) is 7.85.